The van der Waals surface area contributed by atoms with Gasteiger partial charge in [0.2, 0.25) is 11.7 Å². The SMILES string of the molecule is CCOC1(c2noc([C@H](N)CO)n2)CCCC1. The molecule has 0 aromatic carbocycles. The van der Waals surface area contributed by atoms with E-state index in [9.17, 15) is 0 Å². The summed E-state index contributed by atoms with van der Waals surface area (Å²) in [6, 6.07) is -0.615. The number of nitrogens with zero attached hydrogens (tertiary/aromatic N) is 2. The van der Waals surface area contributed by atoms with Crippen LogP contribution in [0.15, 0.2) is 4.52 Å². The second kappa shape index (κ2) is 5.12. The third kappa shape index (κ3) is 2.34. The Morgan fingerprint density at radius 1 is 1.53 bits per heavy atom. The lowest BCUT2D eigenvalue weighted by Gasteiger charge is -2.24. The lowest BCUT2D eigenvalue weighted by Crippen LogP contribution is -2.28. The highest BCUT2D eigenvalue weighted by atomic mass is 16.5. The molecule has 0 spiro atoms. The third-order valence-electron chi connectivity index (χ3n) is 3.20. The van der Waals surface area contributed by atoms with Crippen molar-refractivity contribution in [2.45, 2.75) is 44.2 Å². The van der Waals surface area contributed by atoms with E-state index in [1.807, 2.05) is 6.92 Å². The maximum Gasteiger partial charge on any atom is 0.246 e. The fourth-order valence-electron chi connectivity index (χ4n) is 2.30. The standard InChI is InChI=1S/C11H19N3O3/c1-2-16-11(5-3-4-6-11)10-13-9(17-14-10)8(12)7-15/h8,15H,2-7,12H2,1H3/t8-/m1/s1. The number of rotatable bonds is 5. The van der Waals surface area contributed by atoms with Gasteiger partial charge in [0.15, 0.2) is 0 Å². The second-order valence-electron chi connectivity index (χ2n) is 4.38. The summed E-state index contributed by atoms with van der Waals surface area (Å²) in [7, 11) is 0. The van der Waals surface area contributed by atoms with Gasteiger partial charge in [0, 0.05) is 6.61 Å². The summed E-state index contributed by atoms with van der Waals surface area (Å²) in [5.74, 6) is 0.837. The Kier molecular flexibility index (Phi) is 3.76. The zero-order chi connectivity index (χ0) is 12.3. The second-order valence-corrected chi connectivity index (χ2v) is 4.38. The Bertz CT molecular complexity index is 361. The Balaban J connectivity index is 2.22. The molecule has 0 amide bonds. The average molecular weight is 241 g/mol. The van der Waals surface area contributed by atoms with Crippen molar-refractivity contribution < 1.29 is 14.4 Å². The lowest BCUT2D eigenvalue weighted by molar-refractivity contribution is -0.0469. The van der Waals surface area contributed by atoms with Gasteiger partial charge >= 0.3 is 0 Å². The molecule has 1 aliphatic carbocycles. The molecule has 0 aliphatic heterocycles. The van der Waals surface area contributed by atoms with Crippen molar-refractivity contribution in [1.29, 1.82) is 0 Å². The lowest BCUT2D eigenvalue weighted by atomic mass is 10.0. The molecule has 3 N–H and O–H groups in total. The number of aromatic nitrogens is 2. The monoisotopic (exact) mass is 241 g/mol. The van der Waals surface area contributed by atoms with E-state index in [4.69, 9.17) is 20.1 Å². The molecule has 0 saturated heterocycles. The van der Waals surface area contributed by atoms with Crippen LogP contribution in [0.25, 0.3) is 0 Å². The first kappa shape index (κ1) is 12.5. The number of hydrogen-bond acceptors (Lipinski definition) is 6. The first-order valence-electron chi connectivity index (χ1n) is 6.06. The molecule has 0 bridgehead atoms. The molecule has 1 atom stereocenters. The summed E-state index contributed by atoms with van der Waals surface area (Å²) in [6.07, 6.45) is 4.04. The molecule has 1 fully saturated rings. The van der Waals surface area contributed by atoms with Gasteiger partial charge in [-0.15, -0.1) is 0 Å². The predicted molar refractivity (Wildman–Crippen MR) is 60.1 cm³/mol. The van der Waals surface area contributed by atoms with Crippen LogP contribution in [0, 0.1) is 0 Å². The van der Waals surface area contributed by atoms with Gasteiger partial charge in [-0.25, -0.2) is 0 Å². The zero-order valence-corrected chi connectivity index (χ0v) is 10.1. The summed E-state index contributed by atoms with van der Waals surface area (Å²) in [4.78, 5) is 4.27. The van der Waals surface area contributed by atoms with Gasteiger partial charge in [0.1, 0.15) is 11.6 Å². The Morgan fingerprint density at radius 2 is 2.24 bits per heavy atom. The van der Waals surface area contributed by atoms with Crippen LogP contribution in [0.4, 0.5) is 0 Å². The first-order valence-corrected chi connectivity index (χ1v) is 6.06. The normalized spacial score (nSPS) is 20.6. The summed E-state index contributed by atoms with van der Waals surface area (Å²) in [5, 5.41) is 12.9. The van der Waals surface area contributed by atoms with Crippen molar-refractivity contribution in [1.82, 2.24) is 10.1 Å². The van der Waals surface area contributed by atoms with E-state index in [1.165, 1.54) is 0 Å². The van der Waals surface area contributed by atoms with Crippen LogP contribution in [-0.4, -0.2) is 28.5 Å². The van der Waals surface area contributed by atoms with Crippen LogP contribution in [0.3, 0.4) is 0 Å². The Labute approximate surface area is 100 Å². The predicted octanol–water partition coefficient (Wildman–Crippen LogP) is 0.867. The topological polar surface area (TPSA) is 94.4 Å². The van der Waals surface area contributed by atoms with E-state index in [-0.39, 0.29) is 12.5 Å². The van der Waals surface area contributed by atoms with Crippen molar-refractivity contribution in [2.75, 3.05) is 13.2 Å². The molecular weight excluding hydrogens is 222 g/mol. The van der Waals surface area contributed by atoms with Crippen molar-refractivity contribution in [3.8, 4) is 0 Å². The van der Waals surface area contributed by atoms with E-state index in [0.717, 1.165) is 25.7 Å². The van der Waals surface area contributed by atoms with Gasteiger partial charge in [-0.2, -0.15) is 4.98 Å². The largest absolute Gasteiger partial charge is 0.394 e. The summed E-state index contributed by atoms with van der Waals surface area (Å²) in [5.41, 5.74) is 5.23. The van der Waals surface area contributed by atoms with E-state index >= 15 is 0 Å². The molecule has 0 unspecified atom stereocenters. The third-order valence-corrected chi connectivity index (χ3v) is 3.20. The minimum absolute atomic E-state index is 0.205. The van der Waals surface area contributed by atoms with E-state index in [0.29, 0.717) is 12.4 Å². The molecule has 6 nitrogen and oxygen atoms in total. The highest BCUT2D eigenvalue weighted by molar-refractivity contribution is 5.05. The van der Waals surface area contributed by atoms with E-state index in [1.54, 1.807) is 0 Å². The Morgan fingerprint density at radius 3 is 2.82 bits per heavy atom. The van der Waals surface area contributed by atoms with Gasteiger partial charge < -0.3 is 20.1 Å². The zero-order valence-electron chi connectivity index (χ0n) is 10.1. The van der Waals surface area contributed by atoms with Gasteiger partial charge in [0.05, 0.1) is 6.61 Å². The maximum atomic E-state index is 8.95. The van der Waals surface area contributed by atoms with Crippen LogP contribution >= 0.6 is 0 Å². The van der Waals surface area contributed by atoms with Crippen molar-refractivity contribution >= 4 is 0 Å². The molecule has 96 valence electrons. The molecule has 1 aromatic heterocycles. The fraction of sp³-hybridized carbons (Fsp3) is 0.818. The molecule has 1 heterocycles. The van der Waals surface area contributed by atoms with Gasteiger partial charge in [0.25, 0.3) is 0 Å². The van der Waals surface area contributed by atoms with Crippen LogP contribution in [0.5, 0.6) is 0 Å². The van der Waals surface area contributed by atoms with Crippen LogP contribution in [-0.2, 0) is 10.3 Å². The molecule has 1 aromatic rings. The van der Waals surface area contributed by atoms with Gasteiger partial charge in [-0.1, -0.05) is 5.16 Å². The number of nitrogens with two attached hydrogens (primary N) is 1. The molecule has 17 heavy (non-hydrogen) atoms. The summed E-state index contributed by atoms with van der Waals surface area (Å²) >= 11 is 0. The van der Waals surface area contributed by atoms with Crippen LogP contribution in [0.2, 0.25) is 0 Å². The molecule has 6 heteroatoms. The number of aliphatic hydroxyl groups excluding tert-OH is 1. The minimum atomic E-state index is -0.615. The van der Waals surface area contributed by atoms with Crippen molar-refractivity contribution in [3.63, 3.8) is 0 Å². The van der Waals surface area contributed by atoms with E-state index < -0.39 is 11.6 Å². The maximum absolute atomic E-state index is 8.95. The fourth-order valence-corrected chi connectivity index (χ4v) is 2.30. The minimum Gasteiger partial charge on any atom is -0.394 e. The number of aliphatic hydroxyl groups is 1. The number of hydrogen-bond donors (Lipinski definition) is 2. The molecule has 1 aliphatic rings. The quantitative estimate of drug-likeness (QED) is 0.794. The highest BCUT2D eigenvalue weighted by Crippen LogP contribution is 2.40. The van der Waals surface area contributed by atoms with Gasteiger partial charge in [-0.3, -0.25) is 0 Å². The van der Waals surface area contributed by atoms with E-state index in [2.05, 4.69) is 10.1 Å². The van der Waals surface area contributed by atoms with Crippen molar-refractivity contribution in [2.24, 2.45) is 5.73 Å². The molecule has 0 radical (unpaired) electrons. The average Bonchev–Trinajstić information content (AvgIpc) is 2.97. The smallest absolute Gasteiger partial charge is 0.246 e. The number of ether oxygens (including phenoxy) is 1. The first-order chi connectivity index (χ1) is 8.22. The van der Waals surface area contributed by atoms with Crippen LogP contribution in [0.1, 0.15) is 50.4 Å². The Hall–Kier alpha value is -0.980. The highest BCUT2D eigenvalue weighted by Gasteiger charge is 2.41. The van der Waals surface area contributed by atoms with Crippen LogP contribution < -0.4 is 5.73 Å². The molecular formula is C11H19N3O3. The molecule has 1 saturated carbocycles. The van der Waals surface area contributed by atoms with Crippen molar-refractivity contribution in [3.05, 3.63) is 11.7 Å². The summed E-state index contributed by atoms with van der Waals surface area (Å²) < 4.78 is 10.9. The van der Waals surface area contributed by atoms with Gasteiger partial charge in [-0.05, 0) is 32.6 Å². The molecule has 2 rings (SSSR count). The summed E-state index contributed by atoms with van der Waals surface area (Å²) in [6.45, 7) is 2.37.